The number of nitrogens with zero attached hydrogens (tertiary/aromatic N) is 8. The molecule has 0 aliphatic carbocycles. The molecular formula is C17H28N8O2. The van der Waals surface area contributed by atoms with Crippen LogP contribution in [0, 0.1) is 0 Å². The first-order valence-electron chi connectivity index (χ1n) is 9.69. The number of carbonyl (C=O) groups is 2. The summed E-state index contributed by atoms with van der Waals surface area (Å²) >= 11 is 0. The second kappa shape index (κ2) is 12.0. The maximum absolute atomic E-state index is 12.0. The average molecular weight is 376 g/mol. The van der Waals surface area contributed by atoms with E-state index in [2.05, 4.69) is 38.0 Å². The molecule has 27 heavy (non-hydrogen) atoms. The van der Waals surface area contributed by atoms with Crippen molar-refractivity contribution in [3.05, 3.63) is 12.7 Å². The van der Waals surface area contributed by atoms with Gasteiger partial charge in [-0.25, -0.2) is 9.36 Å². The summed E-state index contributed by atoms with van der Waals surface area (Å²) in [6, 6.07) is 0. The van der Waals surface area contributed by atoms with Crippen LogP contribution < -0.4 is 0 Å². The summed E-state index contributed by atoms with van der Waals surface area (Å²) in [5.41, 5.74) is 0. The van der Waals surface area contributed by atoms with Gasteiger partial charge in [0.1, 0.15) is 24.2 Å². The zero-order valence-corrected chi connectivity index (χ0v) is 15.9. The van der Waals surface area contributed by atoms with Crippen LogP contribution in [-0.4, -0.2) is 52.0 Å². The molecule has 0 radical (unpaired) electrons. The number of hydrogen-bond acceptors (Lipinski definition) is 8. The predicted molar refractivity (Wildman–Crippen MR) is 96.5 cm³/mol. The SMILES string of the molecule is CCCCCC(=O)CCCC(=O)CCCCC(n1cnnn1)n1cnnn1. The van der Waals surface area contributed by atoms with E-state index in [-0.39, 0.29) is 17.7 Å². The average Bonchev–Trinajstić information content (AvgIpc) is 3.36. The highest BCUT2D eigenvalue weighted by atomic mass is 16.1. The Bertz CT molecular complexity index is 622. The van der Waals surface area contributed by atoms with Gasteiger partial charge in [0.2, 0.25) is 0 Å². The van der Waals surface area contributed by atoms with Crippen LogP contribution in [0.25, 0.3) is 0 Å². The van der Waals surface area contributed by atoms with E-state index in [1.165, 1.54) is 12.7 Å². The molecule has 0 spiro atoms. The Morgan fingerprint density at radius 2 is 1.30 bits per heavy atom. The van der Waals surface area contributed by atoms with Crippen molar-refractivity contribution in [1.82, 2.24) is 40.4 Å². The quantitative estimate of drug-likeness (QED) is 0.433. The normalized spacial score (nSPS) is 11.2. The highest BCUT2D eigenvalue weighted by Crippen LogP contribution is 2.16. The maximum Gasteiger partial charge on any atom is 0.150 e. The van der Waals surface area contributed by atoms with E-state index in [0.29, 0.717) is 32.1 Å². The van der Waals surface area contributed by atoms with Gasteiger partial charge >= 0.3 is 0 Å². The Kier molecular flexibility index (Phi) is 9.22. The number of ketones is 2. The smallest absolute Gasteiger partial charge is 0.150 e. The Labute approximate surface area is 158 Å². The molecule has 0 aromatic carbocycles. The van der Waals surface area contributed by atoms with Crippen molar-refractivity contribution in [2.75, 3.05) is 0 Å². The van der Waals surface area contributed by atoms with Crippen LogP contribution in [0.1, 0.15) is 83.7 Å². The second-order valence-electron chi connectivity index (χ2n) is 6.69. The molecule has 0 N–H and O–H groups in total. The van der Waals surface area contributed by atoms with E-state index in [4.69, 9.17) is 0 Å². The van der Waals surface area contributed by atoms with E-state index < -0.39 is 0 Å². The number of rotatable bonds is 15. The number of hydrogen-bond donors (Lipinski definition) is 0. The van der Waals surface area contributed by atoms with E-state index >= 15 is 0 Å². The summed E-state index contributed by atoms with van der Waals surface area (Å²) in [7, 11) is 0. The topological polar surface area (TPSA) is 121 Å². The van der Waals surface area contributed by atoms with E-state index in [0.717, 1.165) is 38.5 Å². The van der Waals surface area contributed by atoms with Gasteiger partial charge in [0.25, 0.3) is 0 Å². The molecule has 10 nitrogen and oxygen atoms in total. The molecule has 148 valence electrons. The number of unbranched alkanes of at least 4 members (excludes halogenated alkanes) is 3. The lowest BCUT2D eigenvalue weighted by molar-refractivity contribution is -0.120. The van der Waals surface area contributed by atoms with Gasteiger partial charge in [-0.15, -0.1) is 10.2 Å². The summed E-state index contributed by atoms with van der Waals surface area (Å²) in [5, 5.41) is 22.4. The van der Waals surface area contributed by atoms with Crippen LogP contribution >= 0.6 is 0 Å². The molecule has 0 fully saturated rings. The zero-order chi connectivity index (χ0) is 19.3. The lowest BCUT2D eigenvalue weighted by Gasteiger charge is -2.15. The van der Waals surface area contributed by atoms with Crippen LogP contribution in [-0.2, 0) is 9.59 Å². The largest absolute Gasteiger partial charge is 0.300 e. The van der Waals surface area contributed by atoms with Gasteiger partial charge in [0.15, 0.2) is 6.17 Å². The highest BCUT2D eigenvalue weighted by Gasteiger charge is 2.16. The van der Waals surface area contributed by atoms with Crippen molar-refractivity contribution in [2.24, 2.45) is 0 Å². The Hall–Kier alpha value is -2.52. The molecule has 0 aliphatic rings. The lowest BCUT2D eigenvalue weighted by atomic mass is 10.0. The second-order valence-corrected chi connectivity index (χ2v) is 6.69. The summed E-state index contributed by atoms with van der Waals surface area (Å²) < 4.78 is 3.20. The summed E-state index contributed by atoms with van der Waals surface area (Å²) in [5.74, 6) is 0.500. The Balaban J connectivity index is 1.61. The number of aromatic nitrogens is 8. The first kappa shape index (κ1) is 20.8. The molecule has 0 saturated carbocycles. The fraction of sp³-hybridized carbons (Fsp3) is 0.765. The molecule has 0 amide bonds. The minimum Gasteiger partial charge on any atom is -0.300 e. The standard InChI is InChI=1S/C17H28N8O2/c1-2-3-4-8-15(26)10-7-11-16(27)9-5-6-12-17(24-13-18-20-22-24)25-14-19-21-23-25/h13-14,17H,2-12H2,1H3. The Morgan fingerprint density at radius 3 is 1.78 bits per heavy atom. The van der Waals surface area contributed by atoms with E-state index in [9.17, 15) is 9.59 Å². The third kappa shape index (κ3) is 7.71. The minimum atomic E-state index is -0.203. The number of carbonyl (C=O) groups excluding carboxylic acids is 2. The monoisotopic (exact) mass is 376 g/mol. The van der Waals surface area contributed by atoms with Crippen LogP contribution in [0.2, 0.25) is 0 Å². The zero-order valence-electron chi connectivity index (χ0n) is 15.9. The van der Waals surface area contributed by atoms with Crippen LogP contribution in [0.5, 0.6) is 0 Å². The van der Waals surface area contributed by atoms with Crippen molar-refractivity contribution in [3.63, 3.8) is 0 Å². The van der Waals surface area contributed by atoms with Gasteiger partial charge in [0, 0.05) is 25.7 Å². The van der Waals surface area contributed by atoms with Gasteiger partial charge in [0.05, 0.1) is 0 Å². The van der Waals surface area contributed by atoms with Gasteiger partial charge in [-0.2, -0.15) is 0 Å². The van der Waals surface area contributed by atoms with Crippen molar-refractivity contribution in [1.29, 1.82) is 0 Å². The first-order chi connectivity index (χ1) is 13.2. The molecule has 0 bridgehead atoms. The molecule has 2 aromatic heterocycles. The third-order valence-electron chi connectivity index (χ3n) is 4.48. The summed E-state index contributed by atoms with van der Waals surface area (Å²) in [6.45, 7) is 2.12. The minimum absolute atomic E-state index is 0.203. The third-order valence-corrected chi connectivity index (χ3v) is 4.48. The molecule has 0 unspecified atom stereocenters. The first-order valence-corrected chi connectivity index (χ1v) is 9.69. The van der Waals surface area contributed by atoms with Crippen LogP contribution in [0.15, 0.2) is 12.7 Å². The van der Waals surface area contributed by atoms with Crippen molar-refractivity contribution >= 4 is 11.6 Å². The molecule has 0 saturated heterocycles. The van der Waals surface area contributed by atoms with Gasteiger partial charge in [-0.05, 0) is 53.0 Å². The predicted octanol–water partition coefficient (Wildman–Crippen LogP) is 2.16. The fourth-order valence-electron chi connectivity index (χ4n) is 2.95. The number of Topliss-reactive ketones (excluding diaryl/α,β-unsaturated/α-hetero) is 2. The fourth-order valence-corrected chi connectivity index (χ4v) is 2.95. The van der Waals surface area contributed by atoms with Crippen molar-refractivity contribution in [3.8, 4) is 0 Å². The van der Waals surface area contributed by atoms with Crippen molar-refractivity contribution in [2.45, 2.75) is 83.7 Å². The molecule has 2 heterocycles. The lowest BCUT2D eigenvalue weighted by Crippen LogP contribution is -2.20. The van der Waals surface area contributed by atoms with Crippen LogP contribution in [0.3, 0.4) is 0 Å². The van der Waals surface area contributed by atoms with Gasteiger partial charge < -0.3 is 0 Å². The van der Waals surface area contributed by atoms with Crippen LogP contribution in [0.4, 0.5) is 0 Å². The Morgan fingerprint density at radius 1 is 0.778 bits per heavy atom. The van der Waals surface area contributed by atoms with Crippen molar-refractivity contribution < 1.29 is 9.59 Å². The van der Waals surface area contributed by atoms with Gasteiger partial charge in [-0.3, -0.25) is 9.59 Å². The number of tetrazole rings is 2. The van der Waals surface area contributed by atoms with E-state index in [1.807, 2.05) is 0 Å². The molecular weight excluding hydrogens is 348 g/mol. The molecule has 2 rings (SSSR count). The van der Waals surface area contributed by atoms with E-state index in [1.54, 1.807) is 9.36 Å². The van der Waals surface area contributed by atoms with Gasteiger partial charge in [-0.1, -0.05) is 19.8 Å². The maximum atomic E-state index is 12.0. The molecule has 2 aromatic rings. The highest BCUT2D eigenvalue weighted by molar-refractivity contribution is 5.81. The molecule has 0 atom stereocenters. The summed E-state index contributed by atoms with van der Waals surface area (Å²) in [6.07, 6.45) is 11.2. The summed E-state index contributed by atoms with van der Waals surface area (Å²) in [4.78, 5) is 23.7. The molecule has 0 aliphatic heterocycles. The molecule has 10 heteroatoms.